The van der Waals surface area contributed by atoms with Crippen molar-refractivity contribution in [3.63, 3.8) is 0 Å². The quantitative estimate of drug-likeness (QED) is 0.424. The maximum absolute atomic E-state index is 13.3. The van der Waals surface area contributed by atoms with Gasteiger partial charge in [0, 0.05) is 6.08 Å². The molecule has 1 amide bonds. The van der Waals surface area contributed by atoms with E-state index in [1.165, 1.54) is 0 Å². The SMILES string of the molecule is CC([NH2+]CC(=O)N1c2ccccc2C=Cc2ccccc21)C(O)c1ccccc1.O=C([O-])/C=C/C(=O)O. The van der Waals surface area contributed by atoms with E-state index in [1.807, 2.05) is 103 Å². The molecule has 2 atom stereocenters. The summed E-state index contributed by atoms with van der Waals surface area (Å²) in [5.41, 5.74) is 4.63. The van der Waals surface area contributed by atoms with Gasteiger partial charge in [0.15, 0.2) is 6.54 Å². The summed E-state index contributed by atoms with van der Waals surface area (Å²) in [5.74, 6) is -2.82. The van der Waals surface area contributed by atoms with Crippen LogP contribution in [0, 0.1) is 0 Å². The van der Waals surface area contributed by atoms with Crippen LogP contribution in [0.15, 0.2) is 91.0 Å². The molecule has 0 fully saturated rings. The van der Waals surface area contributed by atoms with Gasteiger partial charge >= 0.3 is 5.97 Å². The Balaban J connectivity index is 0.000000414. The predicted molar refractivity (Wildman–Crippen MR) is 138 cm³/mol. The van der Waals surface area contributed by atoms with Crippen LogP contribution in [0.5, 0.6) is 0 Å². The summed E-state index contributed by atoms with van der Waals surface area (Å²) < 4.78 is 0. The minimum atomic E-state index is -1.51. The molecule has 1 heterocycles. The topological polar surface area (TPSA) is 135 Å². The lowest BCUT2D eigenvalue weighted by molar-refractivity contribution is -0.684. The lowest BCUT2D eigenvalue weighted by atomic mass is 10.0. The molecule has 0 spiro atoms. The number of hydrogen-bond donors (Lipinski definition) is 3. The molecule has 4 N–H and O–H groups in total. The molecule has 0 bridgehead atoms. The Morgan fingerprint density at radius 3 is 1.86 bits per heavy atom. The van der Waals surface area contributed by atoms with Gasteiger partial charge in [0.25, 0.3) is 5.91 Å². The third kappa shape index (κ3) is 7.47. The Hall–Kier alpha value is -4.53. The number of carboxylic acid groups (broad SMARTS) is 2. The molecule has 0 radical (unpaired) electrons. The lowest BCUT2D eigenvalue weighted by Crippen LogP contribution is -2.92. The zero-order valence-corrected chi connectivity index (χ0v) is 20.2. The van der Waals surface area contributed by atoms with Crippen LogP contribution in [-0.2, 0) is 14.4 Å². The number of rotatable bonds is 7. The lowest BCUT2D eigenvalue weighted by Gasteiger charge is -2.25. The molecular formula is C29H28N2O6. The van der Waals surface area contributed by atoms with Gasteiger partial charge in [-0.3, -0.25) is 9.69 Å². The molecule has 3 aromatic carbocycles. The van der Waals surface area contributed by atoms with Crippen molar-refractivity contribution in [2.24, 2.45) is 0 Å². The van der Waals surface area contributed by atoms with Gasteiger partial charge in [-0.15, -0.1) is 0 Å². The Morgan fingerprint density at radius 2 is 1.38 bits per heavy atom. The van der Waals surface area contributed by atoms with Crippen LogP contribution in [0.3, 0.4) is 0 Å². The van der Waals surface area contributed by atoms with Crippen LogP contribution in [0.4, 0.5) is 11.4 Å². The zero-order chi connectivity index (χ0) is 26.8. The Morgan fingerprint density at radius 1 is 0.865 bits per heavy atom. The van der Waals surface area contributed by atoms with E-state index in [1.54, 1.807) is 4.90 Å². The second-order valence-electron chi connectivity index (χ2n) is 8.33. The summed E-state index contributed by atoms with van der Waals surface area (Å²) in [6.45, 7) is 2.19. The fraction of sp³-hybridized carbons (Fsp3) is 0.138. The summed E-state index contributed by atoms with van der Waals surface area (Å²) in [6, 6.07) is 25.3. The first-order chi connectivity index (χ1) is 17.8. The van der Waals surface area contributed by atoms with E-state index in [4.69, 9.17) is 5.11 Å². The molecular weight excluding hydrogens is 472 g/mol. The number of para-hydroxylation sites is 2. The van der Waals surface area contributed by atoms with Crippen LogP contribution in [0.1, 0.15) is 29.7 Å². The molecule has 3 aromatic rings. The second kappa shape index (κ2) is 13.0. The van der Waals surface area contributed by atoms with Crippen molar-refractivity contribution >= 4 is 41.4 Å². The number of carbonyl (C=O) groups excluding carboxylic acids is 2. The number of carboxylic acids is 2. The second-order valence-corrected chi connectivity index (χ2v) is 8.33. The van der Waals surface area contributed by atoms with E-state index in [0.29, 0.717) is 12.2 Å². The normalized spacial score (nSPS) is 13.4. The van der Waals surface area contributed by atoms with E-state index >= 15 is 0 Å². The van der Waals surface area contributed by atoms with Gasteiger partial charge in [0.05, 0.1) is 17.3 Å². The van der Waals surface area contributed by atoms with Gasteiger partial charge < -0.3 is 25.4 Å². The molecule has 0 saturated carbocycles. The van der Waals surface area contributed by atoms with Crippen molar-refractivity contribution in [2.45, 2.75) is 19.1 Å². The number of aliphatic hydroxyl groups is 1. The van der Waals surface area contributed by atoms with Gasteiger partial charge in [-0.05, 0) is 41.8 Å². The number of benzene rings is 3. The summed E-state index contributed by atoms with van der Waals surface area (Å²) in [6.07, 6.45) is 4.41. The number of fused-ring (bicyclic) bond motifs is 2. The van der Waals surface area contributed by atoms with Crippen molar-refractivity contribution < 1.29 is 35.0 Å². The molecule has 1 aliphatic heterocycles. The monoisotopic (exact) mass is 500 g/mol. The van der Waals surface area contributed by atoms with Crippen LogP contribution >= 0.6 is 0 Å². The van der Waals surface area contributed by atoms with Crippen molar-refractivity contribution in [3.8, 4) is 0 Å². The average molecular weight is 501 g/mol. The van der Waals surface area contributed by atoms with Gasteiger partial charge in [-0.1, -0.05) is 78.9 Å². The van der Waals surface area contributed by atoms with E-state index in [9.17, 15) is 24.6 Å². The van der Waals surface area contributed by atoms with Crippen LogP contribution in [0.2, 0.25) is 0 Å². The van der Waals surface area contributed by atoms with Crippen LogP contribution < -0.4 is 15.3 Å². The van der Waals surface area contributed by atoms with Crippen LogP contribution in [-0.4, -0.2) is 40.6 Å². The van der Waals surface area contributed by atoms with Crippen molar-refractivity contribution in [1.29, 1.82) is 0 Å². The zero-order valence-electron chi connectivity index (χ0n) is 20.2. The molecule has 0 saturated heterocycles. The molecule has 37 heavy (non-hydrogen) atoms. The summed E-state index contributed by atoms with van der Waals surface area (Å²) >= 11 is 0. The van der Waals surface area contributed by atoms with Gasteiger partial charge in [0.2, 0.25) is 0 Å². The van der Waals surface area contributed by atoms with E-state index in [0.717, 1.165) is 28.1 Å². The first kappa shape index (κ1) is 27.1. The molecule has 8 heteroatoms. The van der Waals surface area contributed by atoms with E-state index in [-0.39, 0.29) is 18.5 Å². The molecule has 1 aliphatic rings. The van der Waals surface area contributed by atoms with E-state index in [2.05, 4.69) is 0 Å². The number of anilines is 2. The number of amides is 1. The molecule has 0 aromatic heterocycles. The van der Waals surface area contributed by atoms with Crippen molar-refractivity contribution in [3.05, 3.63) is 108 Å². The summed E-state index contributed by atoms with van der Waals surface area (Å²) in [5, 5.41) is 29.7. The highest BCUT2D eigenvalue weighted by Gasteiger charge is 2.27. The fourth-order valence-corrected chi connectivity index (χ4v) is 3.84. The first-order valence-electron chi connectivity index (χ1n) is 11.7. The minimum absolute atomic E-state index is 0.0132. The average Bonchev–Trinajstić information content (AvgIpc) is 3.08. The molecule has 190 valence electrons. The Labute approximate surface area is 214 Å². The highest BCUT2D eigenvalue weighted by Crippen LogP contribution is 2.36. The number of aliphatic carboxylic acids is 2. The van der Waals surface area contributed by atoms with E-state index < -0.39 is 18.0 Å². The minimum Gasteiger partial charge on any atom is -0.545 e. The van der Waals surface area contributed by atoms with Gasteiger partial charge in [-0.2, -0.15) is 0 Å². The van der Waals surface area contributed by atoms with Gasteiger partial charge in [0.1, 0.15) is 12.1 Å². The first-order valence-corrected chi connectivity index (χ1v) is 11.7. The molecule has 8 nitrogen and oxygen atoms in total. The standard InChI is InChI=1S/C25H24N2O2.C4H4O4/c1-18(25(29)21-11-3-2-4-12-21)26-17-24(28)27-22-13-7-5-9-19(22)15-16-20-10-6-8-14-23(20)27;5-3(6)1-2-4(7)8/h2-16,18,25-26,29H,17H2,1H3;1-2H,(H,5,6)(H,7,8)/b;2-1+. The van der Waals surface area contributed by atoms with Crippen molar-refractivity contribution in [1.82, 2.24) is 0 Å². The smallest absolute Gasteiger partial charge is 0.328 e. The maximum Gasteiger partial charge on any atom is 0.328 e. The Bertz CT molecular complexity index is 1240. The predicted octanol–water partition coefficient (Wildman–Crippen LogP) is 1.90. The summed E-state index contributed by atoms with van der Waals surface area (Å²) in [4.78, 5) is 34.1. The van der Waals surface area contributed by atoms with Gasteiger partial charge in [-0.25, -0.2) is 4.79 Å². The number of hydrogen-bond acceptors (Lipinski definition) is 5. The number of quaternary nitrogens is 1. The molecule has 4 rings (SSSR count). The third-order valence-electron chi connectivity index (χ3n) is 5.71. The summed E-state index contributed by atoms with van der Waals surface area (Å²) in [7, 11) is 0. The van der Waals surface area contributed by atoms with Crippen LogP contribution in [0.25, 0.3) is 12.2 Å². The highest BCUT2D eigenvalue weighted by molar-refractivity contribution is 6.06. The molecule has 0 aliphatic carbocycles. The maximum atomic E-state index is 13.3. The Kier molecular flexibility index (Phi) is 9.48. The number of aliphatic hydroxyl groups excluding tert-OH is 1. The number of nitrogens with zero attached hydrogens (tertiary/aromatic N) is 1. The fourth-order valence-electron chi connectivity index (χ4n) is 3.84. The largest absolute Gasteiger partial charge is 0.545 e. The molecule has 2 unspecified atom stereocenters. The number of carbonyl (C=O) groups is 3. The third-order valence-corrected chi connectivity index (χ3v) is 5.71. The highest BCUT2D eigenvalue weighted by atomic mass is 16.4. The van der Waals surface area contributed by atoms with Crippen molar-refractivity contribution in [2.75, 3.05) is 11.4 Å². The number of nitrogens with two attached hydrogens (primary N) is 1.